The van der Waals surface area contributed by atoms with Gasteiger partial charge in [0.25, 0.3) is 0 Å². The average Bonchev–Trinajstić information content (AvgIpc) is 2.87. The van der Waals surface area contributed by atoms with Gasteiger partial charge in [0, 0.05) is 17.8 Å². The summed E-state index contributed by atoms with van der Waals surface area (Å²) in [4.78, 5) is 15.8. The summed E-state index contributed by atoms with van der Waals surface area (Å²) in [6, 6.07) is 2.21. The first-order valence-corrected chi connectivity index (χ1v) is 7.08. The van der Waals surface area contributed by atoms with Crippen LogP contribution in [-0.2, 0) is 0 Å². The number of aliphatic imine (C=N–C) groups is 2. The Morgan fingerprint density at radius 2 is 2.26 bits per heavy atom. The fraction of sp³-hybridized carbons (Fsp3) is 0.533. The van der Waals surface area contributed by atoms with E-state index >= 15 is 0 Å². The number of aromatic nitrogens is 1. The minimum atomic E-state index is 0.511. The van der Waals surface area contributed by atoms with E-state index in [1.165, 1.54) is 24.1 Å². The van der Waals surface area contributed by atoms with Crippen LogP contribution in [0.1, 0.15) is 50.8 Å². The lowest BCUT2D eigenvalue weighted by atomic mass is 9.98. The second-order valence-electron chi connectivity index (χ2n) is 5.35. The van der Waals surface area contributed by atoms with Crippen LogP contribution < -0.4 is 4.90 Å². The fourth-order valence-corrected chi connectivity index (χ4v) is 2.79. The SMILES string of the molecule is CCCC(C)c1cc2c(cn1)N1CCN=C1N=C2C. The van der Waals surface area contributed by atoms with Crippen molar-refractivity contribution in [1.29, 1.82) is 0 Å². The molecule has 0 fully saturated rings. The zero-order chi connectivity index (χ0) is 13.4. The van der Waals surface area contributed by atoms with E-state index in [9.17, 15) is 0 Å². The molecule has 0 amide bonds. The van der Waals surface area contributed by atoms with E-state index in [-0.39, 0.29) is 0 Å². The van der Waals surface area contributed by atoms with Gasteiger partial charge in [-0.2, -0.15) is 0 Å². The monoisotopic (exact) mass is 256 g/mol. The topological polar surface area (TPSA) is 40.9 Å². The van der Waals surface area contributed by atoms with Gasteiger partial charge in [0.2, 0.25) is 5.96 Å². The second kappa shape index (κ2) is 4.76. The Morgan fingerprint density at radius 3 is 3.05 bits per heavy atom. The van der Waals surface area contributed by atoms with E-state index in [2.05, 4.69) is 46.7 Å². The van der Waals surface area contributed by atoms with Gasteiger partial charge in [0.15, 0.2) is 0 Å². The number of hydrogen-bond acceptors (Lipinski definition) is 4. The van der Waals surface area contributed by atoms with Crippen LogP contribution in [0.5, 0.6) is 0 Å². The van der Waals surface area contributed by atoms with Crippen molar-refractivity contribution in [3.8, 4) is 0 Å². The molecular formula is C15H20N4. The zero-order valence-electron chi connectivity index (χ0n) is 11.8. The van der Waals surface area contributed by atoms with E-state index in [0.717, 1.165) is 30.4 Å². The molecule has 0 aliphatic carbocycles. The molecule has 3 rings (SSSR count). The molecule has 1 unspecified atom stereocenters. The molecule has 100 valence electrons. The summed E-state index contributed by atoms with van der Waals surface area (Å²) in [5.41, 5.74) is 4.61. The van der Waals surface area contributed by atoms with Gasteiger partial charge in [-0.05, 0) is 25.3 Å². The molecule has 19 heavy (non-hydrogen) atoms. The number of hydrogen-bond donors (Lipinski definition) is 0. The van der Waals surface area contributed by atoms with E-state index in [0.29, 0.717) is 5.92 Å². The molecule has 0 saturated heterocycles. The van der Waals surface area contributed by atoms with Crippen LogP contribution in [0.4, 0.5) is 5.69 Å². The van der Waals surface area contributed by atoms with Crippen molar-refractivity contribution >= 4 is 17.4 Å². The molecule has 0 N–H and O–H groups in total. The number of pyridine rings is 1. The minimum Gasteiger partial charge on any atom is -0.307 e. The van der Waals surface area contributed by atoms with Crippen molar-refractivity contribution in [3.63, 3.8) is 0 Å². The number of nitrogens with zero attached hydrogens (tertiary/aromatic N) is 4. The zero-order valence-corrected chi connectivity index (χ0v) is 11.8. The molecule has 4 nitrogen and oxygen atoms in total. The quantitative estimate of drug-likeness (QED) is 0.834. The molecule has 3 heterocycles. The number of anilines is 1. The second-order valence-corrected chi connectivity index (χ2v) is 5.35. The third-order valence-corrected chi connectivity index (χ3v) is 3.90. The smallest absolute Gasteiger partial charge is 0.225 e. The normalized spacial score (nSPS) is 18.6. The van der Waals surface area contributed by atoms with Crippen LogP contribution in [-0.4, -0.2) is 29.7 Å². The highest BCUT2D eigenvalue weighted by Crippen LogP contribution is 2.30. The van der Waals surface area contributed by atoms with Crippen molar-refractivity contribution in [2.75, 3.05) is 18.0 Å². The molecule has 2 aliphatic heterocycles. The fourth-order valence-electron chi connectivity index (χ4n) is 2.79. The summed E-state index contributed by atoms with van der Waals surface area (Å²) in [5.74, 6) is 1.36. The Bertz CT molecular complexity index is 559. The van der Waals surface area contributed by atoms with Crippen LogP contribution >= 0.6 is 0 Å². The van der Waals surface area contributed by atoms with Crippen molar-refractivity contribution in [2.24, 2.45) is 9.98 Å². The van der Waals surface area contributed by atoms with Gasteiger partial charge in [-0.1, -0.05) is 20.3 Å². The highest BCUT2D eigenvalue weighted by atomic mass is 15.3. The van der Waals surface area contributed by atoms with Crippen LogP contribution in [0.15, 0.2) is 22.2 Å². The lowest BCUT2D eigenvalue weighted by molar-refractivity contribution is 0.647. The molecule has 0 saturated carbocycles. The van der Waals surface area contributed by atoms with Gasteiger partial charge < -0.3 is 4.90 Å². The van der Waals surface area contributed by atoms with Crippen molar-refractivity contribution in [1.82, 2.24) is 4.98 Å². The van der Waals surface area contributed by atoms with Crippen LogP contribution in [0, 0.1) is 0 Å². The van der Waals surface area contributed by atoms with Crippen molar-refractivity contribution < 1.29 is 0 Å². The first kappa shape index (κ1) is 12.3. The first-order chi connectivity index (χ1) is 9.20. The molecular weight excluding hydrogens is 236 g/mol. The van der Waals surface area contributed by atoms with Gasteiger partial charge in [-0.25, -0.2) is 9.98 Å². The molecule has 0 bridgehead atoms. The Labute approximate surface area is 114 Å². The molecule has 2 aliphatic rings. The third-order valence-electron chi connectivity index (χ3n) is 3.90. The van der Waals surface area contributed by atoms with Gasteiger partial charge in [0.05, 0.1) is 24.1 Å². The summed E-state index contributed by atoms with van der Waals surface area (Å²) in [7, 11) is 0. The molecule has 1 atom stereocenters. The summed E-state index contributed by atoms with van der Waals surface area (Å²) >= 11 is 0. The minimum absolute atomic E-state index is 0.511. The Balaban J connectivity index is 2.01. The summed E-state index contributed by atoms with van der Waals surface area (Å²) in [6.45, 7) is 8.28. The summed E-state index contributed by atoms with van der Waals surface area (Å²) in [5, 5.41) is 0. The predicted octanol–water partition coefficient (Wildman–Crippen LogP) is 2.98. The number of rotatable bonds is 3. The molecule has 0 spiro atoms. The first-order valence-electron chi connectivity index (χ1n) is 7.08. The summed E-state index contributed by atoms with van der Waals surface area (Å²) < 4.78 is 0. The Kier molecular flexibility index (Phi) is 3.09. The Morgan fingerprint density at radius 1 is 1.42 bits per heavy atom. The predicted molar refractivity (Wildman–Crippen MR) is 79.4 cm³/mol. The van der Waals surface area contributed by atoms with E-state index < -0.39 is 0 Å². The molecule has 0 radical (unpaired) electrons. The van der Waals surface area contributed by atoms with E-state index in [4.69, 9.17) is 0 Å². The maximum atomic E-state index is 4.65. The highest BCUT2D eigenvalue weighted by Gasteiger charge is 2.27. The number of fused-ring (bicyclic) bond motifs is 3. The molecule has 4 heteroatoms. The lowest BCUT2D eigenvalue weighted by Crippen LogP contribution is -2.32. The highest BCUT2D eigenvalue weighted by molar-refractivity contribution is 6.18. The summed E-state index contributed by atoms with van der Waals surface area (Å²) in [6.07, 6.45) is 4.37. The third kappa shape index (κ3) is 2.05. The lowest BCUT2D eigenvalue weighted by Gasteiger charge is -2.26. The molecule has 1 aromatic rings. The molecule has 0 aromatic carbocycles. The van der Waals surface area contributed by atoms with Gasteiger partial charge >= 0.3 is 0 Å². The van der Waals surface area contributed by atoms with E-state index in [1.807, 2.05) is 6.20 Å². The van der Waals surface area contributed by atoms with Gasteiger partial charge in [-0.15, -0.1) is 0 Å². The van der Waals surface area contributed by atoms with Crippen LogP contribution in [0.25, 0.3) is 0 Å². The van der Waals surface area contributed by atoms with Crippen LogP contribution in [0.2, 0.25) is 0 Å². The average molecular weight is 256 g/mol. The number of guanidine groups is 1. The largest absolute Gasteiger partial charge is 0.307 e. The molecule has 1 aromatic heterocycles. The van der Waals surface area contributed by atoms with Crippen molar-refractivity contribution in [2.45, 2.75) is 39.5 Å². The van der Waals surface area contributed by atoms with Crippen LogP contribution in [0.3, 0.4) is 0 Å². The van der Waals surface area contributed by atoms with E-state index in [1.54, 1.807) is 0 Å². The maximum Gasteiger partial charge on any atom is 0.225 e. The van der Waals surface area contributed by atoms with Gasteiger partial charge in [-0.3, -0.25) is 4.98 Å². The Hall–Kier alpha value is -1.71. The van der Waals surface area contributed by atoms with Crippen molar-refractivity contribution in [3.05, 3.63) is 23.5 Å². The standard InChI is InChI=1S/C15H20N4/c1-4-5-10(2)13-8-12-11(3)18-15-16-6-7-19(15)14(12)9-17-13/h8-10H,4-7H2,1-3H3. The maximum absolute atomic E-state index is 4.65. The van der Waals surface area contributed by atoms with Gasteiger partial charge in [0.1, 0.15) is 0 Å².